The van der Waals surface area contributed by atoms with Gasteiger partial charge in [0.15, 0.2) is 29.6 Å². The predicted molar refractivity (Wildman–Crippen MR) is 108 cm³/mol. The van der Waals surface area contributed by atoms with E-state index in [-0.39, 0.29) is 31.3 Å². The van der Waals surface area contributed by atoms with Gasteiger partial charge in [-0.3, -0.25) is 9.59 Å². The summed E-state index contributed by atoms with van der Waals surface area (Å²) in [6.07, 6.45) is 1.38. The van der Waals surface area contributed by atoms with E-state index in [2.05, 4.69) is 5.32 Å². The lowest BCUT2D eigenvalue weighted by Gasteiger charge is -2.32. The van der Waals surface area contributed by atoms with Gasteiger partial charge in [-0.1, -0.05) is 12.1 Å². The number of nitrogens with one attached hydrogen (secondary N) is 1. The first kappa shape index (κ1) is 19.9. The van der Waals surface area contributed by atoms with E-state index in [0.717, 1.165) is 0 Å². The maximum Gasteiger partial charge on any atom is 0.260 e. The van der Waals surface area contributed by atoms with Crippen molar-refractivity contribution in [3.05, 3.63) is 48.0 Å². The number of carbonyl (C=O) groups is 2. The van der Waals surface area contributed by atoms with Crippen LogP contribution in [-0.2, 0) is 4.79 Å². The number of likely N-dealkylation sites (tertiary alicyclic amines) is 1. The van der Waals surface area contributed by atoms with Crippen molar-refractivity contribution in [2.24, 2.45) is 0 Å². The summed E-state index contributed by atoms with van der Waals surface area (Å²) in [6.45, 7) is 1.27. The minimum absolute atomic E-state index is 0.0158. The van der Waals surface area contributed by atoms with Crippen molar-refractivity contribution in [3.63, 3.8) is 0 Å². The molecular formula is C22H24N2O6. The molecule has 1 saturated heterocycles. The molecule has 1 fully saturated rings. The van der Waals surface area contributed by atoms with E-state index in [1.165, 1.54) is 0 Å². The molecule has 0 unspecified atom stereocenters. The quantitative estimate of drug-likeness (QED) is 0.783. The molecule has 30 heavy (non-hydrogen) atoms. The number of methoxy groups -OCH3 is 1. The number of fused-ring (bicyclic) bond motifs is 1. The summed E-state index contributed by atoms with van der Waals surface area (Å²) in [5.74, 6) is 2.13. The average Bonchev–Trinajstić information content (AvgIpc) is 3.26. The number of para-hydroxylation sites is 2. The van der Waals surface area contributed by atoms with E-state index in [0.29, 0.717) is 54.5 Å². The van der Waals surface area contributed by atoms with E-state index in [4.69, 9.17) is 18.9 Å². The molecule has 8 nitrogen and oxygen atoms in total. The van der Waals surface area contributed by atoms with Crippen molar-refractivity contribution in [3.8, 4) is 23.0 Å². The fraction of sp³-hybridized carbons (Fsp3) is 0.364. The second kappa shape index (κ2) is 8.94. The molecule has 4 rings (SSSR count). The zero-order valence-electron chi connectivity index (χ0n) is 16.8. The van der Waals surface area contributed by atoms with Crippen LogP contribution in [-0.4, -0.2) is 56.4 Å². The fourth-order valence-corrected chi connectivity index (χ4v) is 3.55. The van der Waals surface area contributed by atoms with Crippen molar-refractivity contribution in [2.45, 2.75) is 18.9 Å². The first-order chi connectivity index (χ1) is 14.6. The molecule has 2 aromatic carbocycles. The number of nitrogens with zero attached hydrogens (tertiary/aromatic N) is 1. The Kier molecular flexibility index (Phi) is 5.92. The third-order valence-corrected chi connectivity index (χ3v) is 5.24. The fourth-order valence-electron chi connectivity index (χ4n) is 3.55. The van der Waals surface area contributed by atoms with Gasteiger partial charge in [0.05, 0.1) is 7.11 Å². The number of amides is 2. The van der Waals surface area contributed by atoms with Crippen molar-refractivity contribution < 1.29 is 28.5 Å². The van der Waals surface area contributed by atoms with Crippen LogP contribution in [0.3, 0.4) is 0 Å². The number of carbonyl (C=O) groups excluding carboxylic acids is 2. The molecule has 8 heteroatoms. The van der Waals surface area contributed by atoms with Gasteiger partial charge >= 0.3 is 0 Å². The maximum absolute atomic E-state index is 12.5. The van der Waals surface area contributed by atoms with Crippen molar-refractivity contribution in [1.29, 1.82) is 0 Å². The van der Waals surface area contributed by atoms with Crippen LogP contribution in [0.2, 0.25) is 0 Å². The predicted octanol–water partition coefficient (Wildman–Crippen LogP) is 2.22. The van der Waals surface area contributed by atoms with Gasteiger partial charge in [-0.25, -0.2) is 0 Å². The molecule has 2 amide bonds. The van der Waals surface area contributed by atoms with Crippen LogP contribution in [0.1, 0.15) is 23.2 Å². The van der Waals surface area contributed by atoms with Gasteiger partial charge in [-0.05, 0) is 43.2 Å². The maximum atomic E-state index is 12.5. The van der Waals surface area contributed by atoms with Gasteiger partial charge in [0.25, 0.3) is 11.8 Å². The second-order valence-electron chi connectivity index (χ2n) is 7.14. The van der Waals surface area contributed by atoms with Crippen LogP contribution < -0.4 is 24.3 Å². The summed E-state index contributed by atoms with van der Waals surface area (Å²) in [4.78, 5) is 26.8. The minimum atomic E-state index is -0.155. The second-order valence-corrected chi connectivity index (χ2v) is 7.14. The molecular weight excluding hydrogens is 388 g/mol. The summed E-state index contributed by atoms with van der Waals surface area (Å²) < 4.78 is 21.4. The summed E-state index contributed by atoms with van der Waals surface area (Å²) >= 11 is 0. The molecule has 2 aromatic rings. The molecule has 158 valence electrons. The van der Waals surface area contributed by atoms with Crippen LogP contribution in [0.15, 0.2) is 42.5 Å². The Hall–Kier alpha value is -3.42. The van der Waals surface area contributed by atoms with Crippen molar-refractivity contribution in [2.75, 3.05) is 33.6 Å². The summed E-state index contributed by atoms with van der Waals surface area (Å²) in [5, 5.41) is 3.04. The van der Waals surface area contributed by atoms with Gasteiger partial charge in [0.1, 0.15) is 0 Å². The Bertz CT molecular complexity index is 924. The third-order valence-electron chi connectivity index (χ3n) is 5.24. The Morgan fingerprint density at radius 1 is 1.07 bits per heavy atom. The number of rotatable bonds is 6. The zero-order chi connectivity index (χ0) is 20.9. The molecule has 0 atom stereocenters. The summed E-state index contributed by atoms with van der Waals surface area (Å²) in [5.41, 5.74) is 0.531. The highest BCUT2D eigenvalue weighted by atomic mass is 16.7. The first-order valence-electron chi connectivity index (χ1n) is 9.88. The lowest BCUT2D eigenvalue weighted by molar-refractivity contribution is -0.134. The van der Waals surface area contributed by atoms with Crippen LogP contribution >= 0.6 is 0 Å². The molecule has 2 aliphatic heterocycles. The molecule has 2 aliphatic rings. The highest BCUT2D eigenvalue weighted by molar-refractivity contribution is 5.95. The molecule has 2 heterocycles. The largest absolute Gasteiger partial charge is 0.493 e. The lowest BCUT2D eigenvalue weighted by atomic mass is 10.0. The van der Waals surface area contributed by atoms with Crippen molar-refractivity contribution >= 4 is 11.8 Å². The SMILES string of the molecule is COc1ccccc1OCC(=O)N1CCC(NC(=O)c2ccc3c(c2)OCO3)CC1. The highest BCUT2D eigenvalue weighted by Crippen LogP contribution is 2.32. The minimum Gasteiger partial charge on any atom is -0.493 e. The van der Waals surface area contributed by atoms with E-state index in [1.807, 2.05) is 12.1 Å². The van der Waals surface area contributed by atoms with Gasteiger partial charge in [-0.2, -0.15) is 0 Å². The Labute approximate surface area is 174 Å². The van der Waals surface area contributed by atoms with Crippen LogP contribution in [0, 0.1) is 0 Å². The molecule has 0 bridgehead atoms. The zero-order valence-corrected chi connectivity index (χ0v) is 16.8. The van der Waals surface area contributed by atoms with Crippen LogP contribution in [0.25, 0.3) is 0 Å². The van der Waals surface area contributed by atoms with Crippen molar-refractivity contribution in [1.82, 2.24) is 10.2 Å². The van der Waals surface area contributed by atoms with E-state index in [1.54, 1.807) is 42.3 Å². The lowest BCUT2D eigenvalue weighted by Crippen LogP contribution is -2.47. The Balaban J connectivity index is 1.24. The van der Waals surface area contributed by atoms with E-state index >= 15 is 0 Å². The van der Waals surface area contributed by atoms with Gasteiger partial charge in [-0.15, -0.1) is 0 Å². The third kappa shape index (κ3) is 4.42. The first-order valence-corrected chi connectivity index (χ1v) is 9.88. The van der Waals surface area contributed by atoms with Gasteiger partial charge < -0.3 is 29.2 Å². The average molecular weight is 412 g/mol. The number of hydrogen-bond acceptors (Lipinski definition) is 6. The monoisotopic (exact) mass is 412 g/mol. The smallest absolute Gasteiger partial charge is 0.260 e. The van der Waals surface area contributed by atoms with Gasteiger partial charge in [0, 0.05) is 24.7 Å². The molecule has 1 N–H and O–H groups in total. The van der Waals surface area contributed by atoms with Crippen LogP contribution in [0.5, 0.6) is 23.0 Å². The van der Waals surface area contributed by atoms with E-state index < -0.39 is 0 Å². The number of benzene rings is 2. The molecule has 0 aromatic heterocycles. The summed E-state index contributed by atoms with van der Waals surface area (Å²) in [7, 11) is 1.56. The normalized spacial score (nSPS) is 15.6. The Morgan fingerprint density at radius 3 is 2.57 bits per heavy atom. The Morgan fingerprint density at radius 2 is 1.80 bits per heavy atom. The molecule has 0 saturated carbocycles. The van der Waals surface area contributed by atoms with Gasteiger partial charge in [0.2, 0.25) is 6.79 Å². The summed E-state index contributed by atoms with van der Waals surface area (Å²) in [6, 6.07) is 12.4. The number of piperidine rings is 1. The topological polar surface area (TPSA) is 86.3 Å². The molecule has 0 aliphatic carbocycles. The highest BCUT2D eigenvalue weighted by Gasteiger charge is 2.25. The number of ether oxygens (including phenoxy) is 4. The van der Waals surface area contributed by atoms with Crippen LogP contribution in [0.4, 0.5) is 0 Å². The standard InChI is InChI=1S/C22H24N2O6/c1-27-17-4-2-3-5-18(17)28-13-21(25)24-10-8-16(9-11-24)23-22(26)15-6-7-19-20(12-15)30-14-29-19/h2-7,12,16H,8-11,13-14H2,1H3,(H,23,26). The molecule has 0 radical (unpaired) electrons. The number of hydrogen-bond donors (Lipinski definition) is 1. The van der Waals surface area contributed by atoms with E-state index in [9.17, 15) is 9.59 Å². The molecule has 0 spiro atoms.